The van der Waals surface area contributed by atoms with Gasteiger partial charge in [0.2, 0.25) is 0 Å². The van der Waals surface area contributed by atoms with Crippen molar-refractivity contribution in [2.75, 3.05) is 82.5 Å². The molecule has 0 fully saturated rings. The Labute approximate surface area is 244 Å². The van der Waals surface area contributed by atoms with E-state index < -0.39 is 12.0 Å². The molecule has 1 atom stereocenters. The molecule has 2 aromatic carbocycles. The molecule has 41 heavy (non-hydrogen) atoms. The van der Waals surface area contributed by atoms with Crippen molar-refractivity contribution in [3.63, 3.8) is 0 Å². The van der Waals surface area contributed by atoms with Crippen LogP contribution in [-0.4, -0.2) is 87.9 Å². The van der Waals surface area contributed by atoms with Crippen LogP contribution in [0.2, 0.25) is 5.02 Å². The molecule has 11 nitrogen and oxygen atoms in total. The number of halogens is 2. The number of hydrogen-bond acceptors (Lipinski definition) is 11. The van der Waals surface area contributed by atoms with Gasteiger partial charge in [0.05, 0.1) is 35.8 Å². The minimum Gasteiger partial charge on any atom is -0.494 e. The van der Waals surface area contributed by atoms with Crippen molar-refractivity contribution in [1.29, 1.82) is 0 Å². The Bertz CT molecular complexity index is 1290. The van der Waals surface area contributed by atoms with Crippen molar-refractivity contribution in [3.8, 4) is 11.5 Å². The van der Waals surface area contributed by atoms with Gasteiger partial charge < -0.3 is 45.1 Å². The van der Waals surface area contributed by atoms with Gasteiger partial charge in [0.1, 0.15) is 36.5 Å². The fraction of sp³-hybridized carbons (Fsp3) is 0.357. The van der Waals surface area contributed by atoms with Gasteiger partial charge in [0.15, 0.2) is 11.6 Å². The maximum absolute atomic E-state index is 14.6. The fourth-order valence-corrected chi connectivity index (χ4v) is 4.00. The SMILES string of the molecule is C=CC(O)Nc1cc(Nc2cc(Nc3cc(F)c(OCCOC)c(Cl)c3)ncn2)c(OC)cc1N(C)CCN(C)C. The van der Waals surface area contributed by atoms with Crippen LogP contribution in [0.15, 0.2) is 49.3 Å². The Morgan fingerprint density at radius 3 is 2.39 bits per heavy atom. The van der Waals surface area contributed by atoms with Crippen LogP contribution in [0.3, 0.4) is 0 Å². The van der Waals surface area contributed by atoms with Crippen LogP contribution in [-0.2, 0) is 4.74 Å². The van der Waals surface area contributed by atoms with E-state index in [4.69, 9.17) is 25.8 Å². The number of aliphatic hydroxyl groups is 1. The van der Waals surface area contributed by atoms with E-state index in [-0.39, 0.29) is 17.4 Å². The third-order valence-corrected chi connectivity index (χ3v) is 6.15. The van der Waals surface area contributed by atoms with E-state index >= 15 is 0 Å². The molecule has 3 aromatic rings. The summed E-state index contributed by atoms with van der Waals surface area (Å²) in [5.41, 5.74) is 2.46. The Morgan fingerprint density at radius 2 is 1.76 bits per heavy atom. The molecule has 4 N–H and O–H groups in total. The van der Waals surface area contributed by atoms with E-state index in [9.17, 15) is 9.50 Å². The first-order valence-corrected chi connectivity index (χ1v) is 13.1. The van der Waals surface area contributed by atoms with Gasteiger partial charge >= 0.3 is 0 Å². The van der Waals surface area contributed by atoms with Crippen LogP contribution in [0.5, 0.6) is 11.5 Å². The molecule has 13 heteroatoms. The highest BCUT2D eigenvalue weighted by atomic mass is 35.5. The molecule has 222 valence electrons. The molecule has 0 aliphatic heterocycles. The molecule has 0 bridgehead atoms. The Hall–Kier alpha value is -3.84. The summed E-state index contributed by atoms with van der Waals surface area (Å²) in [6.45, 7) is 5.70. The predicted octanol–water partition coefficient (Wildman–Crippen LogP) is 4.70. The minimum atomic E-state index is -0.962. The van der Waals surface area contributed by atoms with Crippen molar-refractivity contribution in [2.45, 2.75) is 6.23 Å². The first-order valence-electron chi connectivity index (χ1n) is 12.8. The van der Waals surface area contributed by atoms with Gasteiger partial charge in [0, 0.05) is 51.1 Å². The number of aromatic nitrogens is 2. The van der Waals surface area contributed by atoms with Crippen LogP contribution < -0.4 is 30.3 Å². The van der Waals surface area contributed by atoms with Crippen LogP contribution in [0.1, 0.15) is 0 Å². The van der Waals surface area contributed by atoms with Crippen molar-refractivity contribution >= 4 is 46.0 Å². The zero-order valence-corrected chi connectivity index (χ0v) is 24.6. The molecule has 0 aliphatic carbocycles. The lowest BCUT2D eigenvalue weighted by molar-refractivity contribution is 0.144. The van der Waals surface area contributed by atoms with Gasteiger partial charge in [-0.25, -0.2) is 14.4 Å². The van der Waals surface area contributed by atoms with E-state index in [0.29, 0.717) is 41.1 Å². The second-order valence-electron chi connectivity index (χ2n) is 9.27. The first-order chi connectivity index (χ1) is 19.6. The number of aliphatic hydroxyl groups excluding tert-OH is 1. The molecule has 0 aliphatic rings. The van der Waals surface area contributed by atoms with Crippen LogP contribution in [0.4, 0.5) is 38.8 Å². The summed E-state index contributed by atoms with van der Waals surface area (Å²) < 4.78 is 30.6. The maximum Gasteiger partial charge on any atom is 0.173 e. The molecule has 0 saturated heterocycles. The van der Waals surface area contributed by atoms with Crippen LogP contribution >= 0.6 is 11.6 Å². The zero-order valence-electron chi connectivity index (χ0n) is 23.9. The van der Waals surface area contributed by atoms with Gasteiger partial charge in [-0.15, -0.1) is 0 Å². The lowest BCUT2D eigenvalue weighted by atomic mass is 10.2. The number of likely N-dealkylation sites (N-methyl/N-ethyl adjacent to an activating group) is 2. The van der Waals surface area contributed by atoms with E-state index in [1.165, 1.54) is 25.6 Å². The number of methoxy groups -OCH3 is 2. The number of hydrogen-bond donors (Lipinski definition) is 4. The number of benzene rings is 2. The molecule has 0 amide bonds. The lowest BCUT2D eigenvalue weighted by Crippen LogP contribution is -2.29. The molecule has 0 saturated carbocycles. The highest BCUT2D eigenvalue weighted by molar-refractivity contribution is 6.32. The van der Waals surface area contributed by atoms with Gasteiger partial charge in [0.25, 0.3) is 0 Å². The van der Waals surface area contributed by atoms with Crippen molar-refractivity contribution in [2.24, 2.45) is 0 Å². The fourth-order valence-electron chi connectivity index (χ4n) is 3.73. The molecular formula is C28H37ClFN7O4. The maximum atomic E-state index is 14.6. The standard InChI is InChI=1S/C28H37ClFN7O4/c1-7-27(38)35-21-14-22(24(40-6)15-23(21)37(4)9-8-36(2)3)34-26-16-25(31-17-32-26)33-18-12-19(29)28(20(30)13-18)41-11-10-39-5/h7,12-17,27,35,38H,1,8-11H2,2-6H3,(H2,31,32,33,34). The molecule has 0 radical (unpaired) electrons. The predicted molar refractivity (Wildman–Crippen MR) is 162 cm³/mol. The van der Waals surface area contributed by atoms with Gasteiger partial charge in [-0.2, -0.15) is 0 Å². The average Bonchev–Trinajstić information content (AvgIpc) is 2.93. The van der Waals surface area contributed by atoms with Crippen LogP contribution in [0, 0.1) is 5.82 Å². The van der Waals surface area contributed by atoms with E-state index in [1.54, 1.807) is 19.2 Å². The number of nitrogens with zero attached hydrogens (tertiary/aromatic N) is 4. The number of rotatable bonds is 16. The monoisotopic (exact) mass is 589 g/mol. The Balaban J connectivity index is 1.86. The largest absolute Gasteiger partial charge is 0.494 e. The minimum absolute atomic E-state index is 0.0480. The van der Waals surface area contributed by atoms with E-state index in [0.717, 1.165) is 18.8 Å². The third-order valence-electron chi connectivity index (χ3n) is 5.87. The van der Waals surface area contributed by atoms with Crippen LogP contribution in [0.25, 0.3) is 0 Å². The normalized spacial score (nSPS) is 11.6. The molecule has 1 heterocycles. The topological polar surface area (TPSA) is 116 Å². The van der Waals surface area contributed by atoms with Gasteiger partial charge in [-0.05, 0) is 32.3 Å². The van der Waals surface area contributed by atoms with Gasteiger partial charge in [-0.3, -0.25) is 0 Å². The quantitative estimate of drug-likeness (QED) is 0.106. The second kappa shape index (κ2) is 15.2. The third kappa shape index (κ3) is 9.08. The van der Waals surface area contributed by atoms with Crippen molar-refractivity contribution < 1.29 is 23.7 Å². The Morgan fingerprint density at radius 1 is 1.02 bits per heavy atom. The van der Waals surface area contributed by atoms with Crippen molar-refractivity contribution in [3.05, 3.63) is 60.2 Å². The van der Waals surface area contributed by atoms with E-state index in [2.05, 4.69) is 42.3 Å². The highest BCUT2D eigenvalue weighted by Crippen LogP contribution is 2.38. The number of nitrogens with one attached hydrogen (secondary N) is 3. The molecule has 1 unspecified atom stereocenters. The summed E-state index contributed by atoms with van der Waals surface area (Å²) in [5.74, 6) is 0.724. The highest BCUT2D eigenvalue weighted by Gasteiger charge is 2.17. The second-order valence-corrected chi connectivity index (χ2v) is 9.68. The average molecular weight is 590 g/mol. The summed E-state index contributed by atoms with van der Waals surface area (Å²) in [6.07, 6.45) is 1.80. The Kier molecular flexibility index (Phi) is 11.8. The summed E-state index contributed by atoms with van der Waals surface area (Å²) in [4.78, 5) is 12.7. The van der Waals surface area contributed by atoms with Gasteiger partial charge in [-0.1, -0.05) is 18.2 Å². The molecule has 0 spiro atoms. The first kappa shape index (κ1) is 31.7. The molecular weight excluding hydrogens is 553 g/mol. The van der Waals surface area contributed by atoms with Crippen molar-refractivity contribution in [1.82, 2.24) is 14.9 Å². The summed E-state index contributed by atoms with van der Waals surface area (Å²) in [7, 11) is 9.08. The smallest absolute Gasteiger partial charge is 0.173 e. The summed E-state index contributed by atoms with van der Waals surface area (Å²) in [5, 5.41) is 19.7. The lowest BCUT2D eigenvalue weighted by Gasteiger charge is -2.27. The number of anilines is 6. The molecule has 3 rings (SSSR count). The number of ether oxygens (including phenoxy) is 3. The van der Waals surface area contributed by atoms with E-state index in [1.807, 2.05) is 33.3 Å². The molecule has 1 aromatic heterocycles. The zero-order chi connectivity index (χ0) is 29.9. The summed E-state index contributed by atoms with van der Waals surface area (Å²) >= 11 is 6.24. The summed E-state index contributed by atoms with van der Waals surface area (Å²) in [6, 6.07) is 8.15.